The molecule has 58 heavy (non-hydrogen) atoms. The fraction of sp³-hybridized carbons (Fsp3) is 0. The summed E-state index contributed by atoms with van der Waals surface area (Å²) in [6.07, 6.45) is 0. The van der Waals surface area contributed by atoms with E-state index in [2.05, 4.69) is 120 Å². The van der Waals surface area contributed by atoms with Crippen molar-refractivity contribution >= 4 is 120 Å². The number of rotatable bonds is 6. The van der Waals surface area contributed by atoms with Crippen molar-refractivity contribution in [3.8, 4) is 0 Å². The molecule has 0 aliphatic rings. The Labute approximate surface area is 345 Å². The van der Waals surface area contributed by atoms with E-state index in [-0.39, 0.29) is 29.9 Å². The first-order chi connectivity index (χ1) is 30.8. The highest BCUT2D eigenvalue weighted by atomic mass is 32.1. The Morgan fingerprint density at radius 1 is 0.362 bits per heavy atom. The van der Waals surface area contributed by atoms with Crippen LogP contribution in [0.25, 0.3) is 74.4 Å². The number of thiophene rings is 1. The number of nitrogens with zero attached hydrogens (tertiary/aromatic N) is 2. The number of anilines is 6. The van der Waals surface area contributed by atoms with Crippen LogP contribution in [-0.2, 0) is 0 Å². The Kier molecular flexibility index (Phi) is 6.33. The quantitative estimate of drug-likeness (QED) is 0.157. The molecule has 4 heteroatoms. The number of hydrogen-bond donors (Lipinski definition) is 0. The summed E-state index contributed by atoms with van der Waals surface area (Å²) in [6, 6.07) is 58.9. The topological polar surface area (TPSA) is 19.6 Å². The van der Waals surface area contributed by atoms with E-state index < -0.39 is 6.04 Å². The predicted octanol–water partition coefficient (Wildman–Crippen LogP) is 16.4. The maximum atomic E-state index is 9.03. The summed E-state index contributed by atoms with van der Waals surface area (Å²) >= 11 is 1.66. The second-order valence-electron chi connectivity index (χ2n) is 14.5. The van der Waals surface area contributed by atoms with Crippen molar-refractivity contribution < 1.29 is 11.3 Å². The Balaban J connectivity index is 1.09. The molecule has 12 aromatic rings. The highest BCUT2D eigenvalue weighted by Crippen LogP contribution is 2.48. The summed E-state index contributed by atoms with van der Waals surface area (Å²) in [5, 5.41) is 11.2. The van der Waals surface area contributed by atoms with E-state index in [1.54, 1.807) is 16.2 Å². The molecule has 0 radical (unpaired) electrons. The van der Waals surface area contributed by atoms with Gasteiger partial charge in [0, 0.05) is 65.4 Å². The van der Waals surface area contributed by atoms with E-state index in [9.17, 15) is 0 Å². The average molecular weight is 764 g/mol. The largest absolute Gasteiger partial charge is 0.456 e. The molecule has 3 nitrogen and oxygen atoms in total. The van der Waals surface area contributed by atoms with Crippen LogP contribution in [0.2, 0.25) is 0 Å². The zero-order valence-corrected chi connectivity index (χ0v) is 31.8. The fourth-order valence-corrected chi connectivity index (χ4v) is 9.94. The predicted molar refractivity (Wildman–Crippen MR) is 248 cm³/mol. The van der Waals surface area contributed by atoms with Gasteiger partial charge in [-0.2, -0.15) is 0 Å². The summed E-state index contributed by atoms with van der Waals surface area (Å²) < 4.78 is 52.0. The van der Waals surface area contributed by atoms with Gasteiger partial charge >= 0.3 is 0 Å². The summed E-state index contributed by atoms with van der Waals surface area (Å²) in [5.41, 5.74) is 6.05. The first-order valence-electron chi connectivity index (χ1n) is 21.8. The molecule has 0 saturated carbocycles. The molecule has 12 rings (SSSR count). The molecule has 272 valence electrons. The van der Waals surface area contributed by atoms with Gasteiger partial charge in [0.15, 0.2) is 0 Å². The molecule has 0 aliphatic carbocycles. The van der Waals surface area contributed by atoms with Crippen LogP contribution >= 0.6 is 11.3 Å². The smallest absolute Gasteiger partial charge is 0.137 e. The number of hydrogen-bond acceptors (Lipinski definition) is 4. The molecule has 0 atom stereocenters. The van der Waals surface area contributed by atoms with Gasteiger partial charge in [0.2, 0.25) is 0 Å². The normalized spacial score (nSPS) is 13.0. The number of fused-ring (bicyclic) bond motifs is 12. The lowest BCUT2D eigenvalue weighted by Crippen LogP contribution is -2.10. The molecule has 0 N–H and O–H groups in total. The summed E-state index contributed by atoms with van der Waals surface area (Å²) in [7, 11) is 0. The minimum Gasteiger partial charge on any atom is -0.456 e. The Bertz CT molecular complexity index is 3780. The first kappa shape index (κ1) is 28.1. The maximum Gasteiger partial charge on any atom is 0.137 e. The third kappa shape index (κ3) is 5.12. The second-order valence-corrected chi connectivity index (χ2v) is 15.6. The molecule has 2 heterocycles. The van der Waals surface area contributed by atoms with E-state index in [0.29, 0.717) is 5.69 Å². The van der Waals surface area contributed by atoms with Crippen molar-refractivity contribution in [3.05, 3.63) is 206 Å². The SMILES string of the molecule is [2H]c1c([2H])c([2H])c(N(c2ccccc2)c2cccc3sc4cc(N(c5ccc6c(c5)oc5ccccc56)c5ccc6c7ccccc7c7ccccc7c6c5)ccc4c23)c([2H])c1[2H]. The molecule has 0 amide bonds. The third-order valence-electron chi connectivity index (χ3n) is 11.3. The van der Waals surface area contributed by atoms with Gasteiger partial charge in [-0.15, -0.1) is 11.3 Å². The minimum absolute atomic E-state index is 0.0967. The maximum absolute atomic E-state index is 9.03. The van der Waals surface area contributed by atoms with Crippen LogP contribution in [0.4, 0.5) is 34.1 Å². The standard InChI is InChI=1S/C54H34N2OS/c1-3-14-35(15-4-1)56(36-16-5-2-6-17-36)49-23-13-25-52-54(49)47-31-28-39(34-53(47)58-52)55(38-27-30-46-45-22-11-12-24-50(45)57-51(46)33-38)37-26-29-44-42-20-8-7-18-40(42)41-19-9-10-21-43(41)48(44)32-37/h1-34H/i1D,3D,4D,14D,15D. The molecule has 0 saturated heterocycles. The Morgan fingerprint density at radius 3 is 1.67 bits per heavy atom. The molecule has 0 fully saturated rings. The number of benzene rings is 10. The molecule has 0 aliphatic heterocycles. The zero-order chi connectivity index (χ0) is 42.5. The van der Waals surface area contributed by atoms with Crippen molar-refractivity contribution in [2.45, 2.75) is 0 Å². The van der Waals surface area contributed by atoms with Crippen LogP contribution in [0.5, 0.6) is 0 Å². The number of furan rings is 1. The van der Waals surface area contributed by atoms with Crippen molar-refractivity contribution in [2.75, 3.05) is 9.80 Å². The molecule has 10 aromatic carbocycles. The van der Waals surface area contributed by atoms with Crippen molar-refractivity contribution in [1.29, 1.82) is 0 Å². The van der Waals surface area contributed by atoms with Gasteiger partial charge in [0.1, 0.15) is 11.2 Å². The van der Waals surface area contributed by atoms with Crippen LogP contribution in [0.15, 0.2) is 211 Å². The van der Waals surface area contributed by atoms with Crippen molar-refractivity contribution in [2.24, 2.45) is 0 Å². The second kappa shape index (κ2) is 13.1. The van der Waals surface area contributed by atoms with Gasteiger partial charge in [-0.05, 0) is 111 Å². The van der Waals surface area contributed by atoms with E-state index in [0.717, 1.165) is 70.2 Å². The molecular weight excluding hydrogens is 725 g/mol. The van der Waals surface area contributed by atoms with Crippen LogP contribution < -0.4 is 9.80 Å². The van der Waals surface area contributed by atoms with Crippen molar-refractivity contribution in [1.82, 2.24) is 0 Å². The van der Waals surface area contributed by atoms with E-state index >= 15 is 0 Å². The summed E-state index contributed by atoms with van der Waals surface area (Å²) in [4.78, 5) is 4.10. The molecule has 0 unspecified atom stereocenters. The lowest BCUT2D eigenvalue weighted by Gasteiger charge is -2.27. The monoisotopic (exact) mass is 763 g/mol. The van der Waals surface area contributed by atoms with Gasteiger partial charge in [0.05, 0.1) is 12.5 Å². The van der Waals surface area contributed by atoms with E-state index in [1.807, 2.05) is 60.7 Å². The molecule has 0 spiro atoms. The Morgan fingerprint density at radius 2 is 0.931 bits per heavy atom. The lowest BCUT2D eigenvalue weighted by molar-refractivity contribution is 0.669. The van der Waals surface area contributed by atoms with Gasteiger partial charge in [0.25, 0.3) is 0 Å². The van der Waals surface area contributed by atoms with Crippen LogP contribution in [0.1, 0.15) is 6.85 Å². The molecule has 0 bridgehead atoms. The summed E-state index contributed by atoms with van der Waals surface area (Å²) in [5.74, 6) is 0. The highest BCUT2D eigenvalue weighted by Gasteiger charge is 2.21. The van der Waals surface area contributed by atoms with Gasteiger partial charge in [-0.3, -0.25) is 0 Å². The first-order valence-corrected chi connectivity index (χ1v) is 20.1. The lowest BCUT2D eigenvalue weighted by atomic mass is 9.94. The van der Waals surface area contributed by atoms with Gasteiger partial charge in [-0.1, -0.05) is 121 Å². The van der Waals surface area contributed by atoms with Gasteiger partial charge in [-0.25, -0.2) is 0 Å². The average Bonchev–Trinajstić information content (AvgIpc) is 3.90. The number of para-hydroxylation sites is 3. The highest BCUT2D eigenvalue weighted by molar-refractivity contribution is 7.26. The van der Waals surface area contributed by atoms with Crippen LogP contribution in [0.3, 0.4) is 0 Å². The molecule has 2 aromatic heterocycles. The fourth-order valence-electron chi connectivity index (χ4n) is 8.78. The zero-order valence-electron chi connectivity index (χ0n) is 36.0. The molecular formula is C54H34N2OS. The van der Waals surface area contributed by atoms with Gasteiger partial charge < -0.3 is 14.2 Å². The van der Waals surface area contributed by atoms with Crippen LogP contribution in [-0.4, -0.2) is 0 Å². The summed E-state index contributed by atoms with van der Waals surface area (Å²) in [6.45, 7) is 0. The van der Waals surface area contributed by atoms with E-state index in [1.165, 1.54) is 26.9 Å². The van der Waals surface area contributed by atoms with E-state index in [4.69, 9.17) is 11.3 Å². The Hall–Kier alpha value is -7.40. The van der Waals surface area contributed by atoms with Crippen molar-refractivity contribution in [3.63, 3.8) is 0 Å². The minimum atomic E-state index is -0.426. The third-order valence-corrected chi connectivity index (χ3v) is 12.4. The van der Waals surface area contributed by atoms with Crippen LogP contribution in [0, 0.1) is 0 Å².